The molecule has 6 heteroatoms. The van der Waals surface area contributed by atoms with Crippen LogP contribution in [0.3, 0.4) is 0 Å². The molecular weight excluding hydrogens is 326 g/mol. The maximum Gasteiger partial charge on any atom is 0.272 e. The molecule has 0 spiro atoms. The molecule has 1 aliphatic rings. The molecule has 0 bridgehead atoms. The molecule has 2 N–H and O–H groups in total. The van der Waals surface area contributed by atoms with Crippen LogP contribution in [-0.2, 0) is 26.1 Å². The Morgan fingerprint density at radius 3 is 2.81 bits per heavy atom. The molecule has 3 aromatic rings. The summed E-state index contributed by atoms with van der Waals surface area (Å²) in [6.07, 6.45) is 4.36. The molecule has 0 fully saturated rings. The van der Waals surface area contributed by atoms with Crippen molar-refractivity contribution in [1.82, 2.24) is 25.4 Å². The van der Waals surface area contributed by atoms with Crippen LogP contribution < -0.4 is 10.6 Å². The van der Waals surface area contributed by atoms with Gasteiger partial charge < -0.3 is 10.6 Å². The van der Waals surface area contributed by atoms with Crippen LogP contribution in [0.1, 0.15) is 32.9 Å². The molecule has 4 rings (SSSR count). The van der Waals surface area contributed by atoms with Crippen molar-refractivity contribution in [3.8, 4) is 0 Å². The lowest BCUT2D eigenvalue weighted by atomic mass is 10.1. The molecule has 1 aromatic carbocycles. The maximum atomic E-state index is 12.7. The fraction of sp³-hybridized carbons (Fsp3) is 0.250. The number of benzene rings is 1. The van der Waals surface area contributed by atoms with E-state index in [0.717, 1.165) is 29.8 Å². The maximum absolute atomic E-state index is 12.7. The second-order valence-electron chi connectivity index (χ2n) is 6.39. The Morgan fingerprint density at radius 2 is 2.00 bits per heavy atom. The molecule has 2 aromatic heterocycles. The number of aromatic nitrogens is 3. The standard InChI is InChI=1S/C20H21N5O/c26-20(23-12-16-7-4-9-21-11-16)19-17-13-22-10-8-18(17)25(24-19)14-15-5-2-1-3-6-15/h1-7,9,11,22H,8,10,12-14H2,(H,23,26). The van der Waals surface area contributed by atoms with Gasteiger partial charge in [0.15, 0.2) is 5.69 Å². The van der Waals surface area contributed by atoms with Gasteiger partial charge in [-0.3, -0.25) is 14.5 Å². The molecule has 1 aliphatic heterocycles. The van der Waals surface area contributed by atoms with Crippen LogP contribution in [0.25, 0.3) is 0 Å². The van der Waals surface area contributed by atoms with Crippen molar-refractivity contribution in [2.24, 2.45) is 0 Å². The average Bonchev–Trinajstić information content (AvgIpc) is 3.06. The summed E-state index contributed by atoms with van der Waals surface area (Å²) in [5.41, 5.74) is 4.83. The Labute approximate surface area is 152 Å². The van der Waals surface area contributed by atoms with Crippen molar-refractivity contribution in [3.63, 3.8) is 0 Å². The number of carbonyl (C=O) groups is 1. The highest BCUT2D eigenvalue weighted by molar-refractivity contribution is 5.94. The fourth-order valence-corrected chi connectivity index (χ4v) is 3.26. The van der Waals surface area contributed by atoms with Gasteiger partial charge in [0, 0.05) is 49.7 Å². The zero-order valence-corrected chi connectivity index (χ0v) is 14.5. The minimum absolute atomic E-state index is 0.138. The SMILES string of the molecule is O=C(NCc1cccnc1)c1nn(Cc2ccccc2)c2c1CNCC2. The van der Waals surface area contributed by atoms with Gasteiger partial charge >= 0.3 is 0 Å². The Bertz CT molecular complexity index is 889. The van der Waals surface area contributed by atoms with E-state index in [1.807, 2.05) is 35.0 Å². The summed E-state index contributed by atoms with van der Waals surface area (Å²) in [7, 11) is 0. The second-order valence-corrected chi connectivity index (χ2v) is 6.39. The molecule has 0 aliphatic carbocycles. The molecule has 26 heavy (non-hydrogen) atoms. The normalized spacial score (nSPS) is 13.2. The molecular formula is C20H21N5O. The molecule has 0 radical (unpaired) electrons. The number of nitrogens with zero attached hydrogens (tertiary/aromatic N) is 3. The van der Waals surface area contributed by atoms with Crippen molar-refractivity contribution in [2.45, 2.75) is 26.1 Å². The van der Waals surface area contributed by atoms with Gasteiger partial charge in [-0.15, -0.1) is 0 Å². The Balaban J connectivity index is 1.56. The number of pyridine rings is 1. The third-order valence-electron chi connectivity index (χ3n) is 4.57. The zero-order chi connectivity index (χ0) is 17.8. The topological polar surface area (TPSA) is 71.8 Å². The molecule has 0 saturated heterocycles. The van der Waals surface area contributed by atoms with Crippen molar-refractivity contribution in [2.75, 3.05) is 6.54 Å². The summed E-state index contributed by atoms with van der Waals surface area (Å²) in [5.74, 6) is -0.138. The van der Waals surface area contributed by atoms with Gasteiger partial charge in [0.1, 0.15) is 0 Å². The lowest BCUT2D eigenvalue weighted by molar-refractivity contribution is 0.0944. The fourth-order valence-electron chi connectivity index (χ4n) is 3.26. The highest BCUT2D eigenvalue weighted by Gasteiger charge is 2.24. The van der Waals surface area contributed by atoms with E-state index in [2.05, 4.69) is 32.8 Å². The van der Waals surface area contributed by atoms with Crippen LogP contribution in [0, 0.1) is 0 Å². The van der Waals surface area contributed by atoms with Gasteiger partial charge in [0.25, 0.3) is 5.91 Å². The largest absolute Gasteiger partial charge is 0.346 e. The third-order valence-corrected chi connectivity index (χ3v) is 4.57. The van der Waals surface area contributed by atoms with Crippen LogP contribution in [0.15, 0.2) is 54.9 Å². The van der Waals surface area contributed by atoms with Crippen LogP contribution >= 0.6 is 0 Å². The minimum atomic E-state index is -0.138. The number of nitrogens with one attached hydrogen (secondary N) is 2. The van der Waals surface area contributed by atoms with E-state index in [0.29, 0.717) is 25.3 Å². The van der Waals surface area contributed by atoms with Gasteiger partial charge in [0.2, 0.25) is 0 Å². The van der Waals surface area contributed by atoms with Crippen molar-refractivity contribution in [3.05, 3.63) is 82.9 Å². The third kappa shape index (κ3) is 3.50. The summed E-state index contributed by atoms with van der Waals surface area (Å²) in [6.45, 7) is 2.71. The van der Waals surface area contributed by atoms with E-state index < -0.39 is 0 Å². The Morgan fingerprint density at radius 1 is 1.15 bits per heavy atom. The van der Waals surface area contributed by atoms with Crippen LogP contribution in [0.2, 0.25) is 0 Å². The predicted octanol–water partition coefficient (Wildman–Crippen LogP) is 1.90. The number of amides is 1. The van der Waals surface area contributed by atoms with E-state index in [4.69, 9.17) is 0 Å². The number of hydrogen-bond donors (Lipinski definition) is 2. The van der Waals surface area contributed by atoms with E-state index >= 15 is 0 Å². The molecule has 1 amide bonds. The quantitative estimate of drug-likeness (QED) is 0.739. The molecule has 0 unspecified atom stereocenters. The van der Waals surface area contributed by atoms with E-state index in [-0.39, 0.29) is 5.91 Å². The molecule has 6 nitrogen and oxygen atoms in total. The lowest BCUT2D eigenvalue weighted by Crippen LogP contribution is -2.28. The van der Waals surface area contributed by atoms with Crippen molar-refractivity contribution in [1.29, 1.82) is 0 Å². The molecule has 0 saturated carbocycles. The van der Waals surface area contributed by atoms with Gasteiger partial charge in [-0.1, -0.05) is 36.4 Å². The van der Waals surface area contributed by atoms with Crippen molar-refractivity contribution >= 4 is 5.91 Å². The first kappa shape index (κ1) is 16.5. The minimum Gasteiger partial charge on any atom is -0.346 e. The first-order valence-corrected chi connectivity index (χ1v) is 8.81. The first-order chi connectivity index (χ1) is 12.8. The number of fused-ring (bicyclic) bond motifs is 1. The summed E-state index contributed by atoms with van der Waals surface area (Å²) < 4.78 is 1.98. The Hall–Kier alpha value is -2.99. The Kier molecular flexibility index (Phi) is 4.75. The van der Waals surface area contributed by atoms with Crippen LogP contribution in [-0.4, -0.2) is 27.2 Å². The summed E-state index contributed by atoms with van der Waals surface area (Å²) in [5, 5.41) is 11.0. The van der Waals surface area contributed by atoms with Crippen LogP contribution in [0.5, 0.6) is 0 Å². The predicted molar refractivity (Wildman–Crippen MR) is 98.6 cm³/mol. The second kappa shape index (κ2) is 7.49. The summed E-state index contributed by atoms with van der Waals surface area (Å²) in [4.78, 5) is 16.8. The smallest absolute Gasteiger partial charge is 0.272 e. The monoisotopic (exact) mass is 347 g/mol. The summed E-state index contributed by atoms with van der Waals surface area (Å²) in [6, 6.07) is 14.0. The van der Waals surface area contributed by atoms with Gasteiger partial charge in [-0.05, 0) is 17.2 Å². The first-order valence-electron chi connectivity index (χ1n) is 8.81. The highest BCUT2D eigenvalue weighted by atomic mass is 16.1. The molecule has 3 heterocycles. The van der Waals surface area contributed by atoms with Gasteiger partial charge in [-0.25, -0.2) is 0 Å². The number of rotatable bonds is 5. The number of hydrogen-bond acceptors (Lipinski definition) is 4. The lowest BCUT2D eigenvalue weighted by Gasteiger charge is -2.15. The summed E-state index contributed by atoms with van der Waals surface area (Å²) >= 11 is 0. The highest BCUT2D eigenvalue weighted by Crippen LogP contribution is 2.20. The van der Waals surface area contributed by atoms with E-state index in [9.17, 15) is 4.79 Å². The number of carbonyl (C=O) groups excluding carboxylic acids is 1. The zero-order valence-electron chi connectivity index (χ0n) is 14.5. The van der Waals surface area contributed by atoms with E-state index in [1.165, 1.54) is 5.56 Å². The van der Waals surface area contributed by atoms with E-state index in [1.54, 1.807) is 12.4 Å². The molecule has 0 atom stereocenters. The van der Waals surface area contributed by atoms with Gasteiger partial charge in [0.05, 0.1) is 6.54 Å². The van der Waals surface area contributed by atoms with Crippen molar-refractivity contribution < 1.29 is 4.79 Å². The van der Waals surface area contributed by atoms with Crippen LogP contribution in [0.4, 0.5) is 0 Å². The molecule has 132 valence electrons. The van der Waals surface area contributed by atoms with Gasteiger partial charge in [-0.2, -0.15) is 5.10 Å². The average molecular weight is 347 g/mol.